The number of hydrogen-bond donors (Lipinski definition) is 2. The minimum Gasteiger partial charge on any atom is -0.478 e. The van der Waals surface area contributed by atoms with Crippen molar-refractivity contribution in [2.75, 3.05) is 23.7 Å². The number of benzene rings is 2. The smallest absolute Gasteiger partial charge is 0.338 e. The van der Waals surface area contributed by atoms with E-state index in [0.717, 1.165) is 18.2 Å². The fraction of sp³-hybridized carbons (Fsp3) is 0.133. The third-order valence-corrected chi connectivity index (χ3v) is 5.54. The second-order valence-electron chi connectivity index (χ2n) is 5.11. The third kappa shape index (κ3) is 3.85. The van der Waals surface area contributed by atoms with Crippen molar-refractivity contribution in [3.05, 3.63) is 52.3 Å². The molecular formula is C15H14BrFN2O4S. The van der Waals surface area contributed by atoms with Gasteiger partial charge in [0, 0.05) is 29.9 Å². The fourth-order valence-corrected chi connectivity index (χ4v) is 3.97. The first-order chi connectivity index (χ1) is 11.1. The van der Waals surface area contributed by atoms with E-state index in [1.807, 2.05) is 0 Å². The molecule has 2 N–H and O–H groups in total. The molecule has 2 aromatic carbocycles. The molecule has 2 aromatic rings. The van der Waals surface area contributed by atoms with Gasteiger partial charge in [-0.25, -0.2) is 17.6 Å². The van der Waals surface area contributed by atoms with Crippen molar-refractivity contribution in [1.29, 1.82) is 0 Å². The normalized spacial score (nSPS) is 11.2. The summed E-state index contributed by atoms with van der Waals surface area (Å²) in [5.41, 5.74) is 0.0103. The van der Waals surface area contributed by atoms with E-state index in [1.54, 1.807) is 31.1 Å². The highest BCUT2D eigenvalue weighted by atomic mass is 79.9. The Bertz CT molecular complexity index is 900. The molecule has 0 spiro atoms. The lowest BCUT2D eigenvalue weighted by molar-refractivity contribution is 0.0692. The zero-order valence-corrected chi connectivity index (χ0v) is 15.1. The summed E-state index contributed by atoms with van der Waals surface area (Å²) in [5.74, 6) is -2.43. The van der Waals surface area contributed by atoms with E-state index in [1.165, 1.54) is 6.07 Å². The van der Waals surface area contributed by atoms with Crippen molar-refractivity contribution < 1.29 is 22.7 Å². The number of aromatic carboxylic acids is 1. The summed E-state index contributed by atoms with van der Waals surface area (Å²) in [6, 6.07) is 7.78. The molecule has 0 unspecified atom stereocenters. The van der Waals surface area contributed by atoms with Gasteiger partial charge in [0.15, 0.2) is 0 Å². The number of nitrogens with one attached hydrogen (secondary N) is 1. The first-order valence-electron chi connectivity index (χ1n) is 6.64. The number of halogens is 2. The third-order valence-electron chi connectivity index (χ3n) is 3.17. The van der Waals surface area contributed by atoms with Crippen molar-refractivity contribution in [3.8, 4) is 0 Å². The molecule has 9 heteroatoms. The van der Waals surface area contributed by atoms with Crippen molar-refractivity contribution in [3.63, 3.8) is 0 Å². The first-order valence-corrected chi connectivity index (χ1v) is 8.92. The van der Waals surface area contributed by atoms with Gasteiger partial charge >= 0.3 is 5.97 Å². The summed E-state index contributed by atoms with van der Waals surface area (Å²) >= 11 is 3.19. The molecule has 0 bridgehead atoms. The predicted octanol–water partition coefficient (Wildman–Crippen LogP) is 3.15. The van der Waals surface area contributed by atoms with Crippen LogP contribution in [0.1, 0.15) is 10.4 Å². The quantitative estimate of drug-likeness (QED) is 0.781. The average molecular weight is 417 g/mol. The summed E-state index contributed by atoms with van der Waals surface area (Å²) in [7, 11) is -0.454. The molecule has 0 saturated carbocycles. The summed E-state index contributed by atoms with van der Waals surface area (Å²) in [6.45, 7) is 0. The first kappa shape index (κ1) is 18.2. The van der Waals surface area contributed by atoms with Crippen molar-refractivity contribution in [2.24, 2.45) is 0 Å². The van der Waals surface area contributed by atoms with Gasteiger partial charge < -0.3 is 10.0 Å². The van der Waals surface area contributed by atoms with Gasteiger partial charge in [-0.2, -0.15) is 0 Å². The lowest BCUT2D eigenvalue weighted by atomic mass is 10.2. The van der Waals surface area contributed by atoms with Gasteiger partial charge in [-0.3, -0.25) is 4.72 Å². The van der Waals surface area contributed by atoms with Crippen LogP contribution in [0.3, 0.4) is 0 Å². The highest BCUT2D eigenvalue weighted by Crippen LogP contribution is 2.28. The number of carboxylic acids is 1. The van der Waals surface area contributed by atoms with Crippen LogP contribution in [0, 0.1) is 5.82 Å². The van der Waals surface area contributed by atoms with E-state index in [4.69, 9.17) is 5.11 Å². The Balaban J connectivity index is 2.44. The summed E-state index contributed by atoms with van der Waals surface area (Å²) < 4.78 is 41.1. The Hall–Kier alpha value is -2.13. The Morgan fingerprint density at radius 3 is 2.46 bits per heavy atom. The lowest BCUT2D eigenvalue weighted by Crippen LogP contribution is -2.16. The van der Waals surface area contributed by atoms with Gasteiger partial charge in [-0.1, -0.05) is 0 Å². The molecule has 0 aromatic heterocycles. The topological polar surface area (TPSA) is 86.7 Å². The maximum atomic E-state index is 13.4. The largest absolute Gasteiger partial charge is 0.478 e. The highest BCUT2D eigenvalue weighted by molar-refractivity contribution is 9.10. The standard InChI is InChI=1S/C15H14BrFN2O4S/c1-19(2)10-4-5-12(16)14(8-10)24(22,23)18-9-3-6-13(17)11(7-9)15(20)21/h3-8,18H,1-2H3,(H,20,21). The predicted molar refractivity (Wildman–Crippen MR) is 92.6 cm³/mol. The summed E-state index contributed by atoms with van der Waals surface area (Å²) in [4.78, 5) is 12.7. The van der Waals surface area contributed by atoms with Crippen LogP contribution in [-0.2, 0) is 10.0 Å². The zero-order valence-electron chi connectivity index (χ0n) is 12.7. The lowest BCUT2D eigenvalue weighted by Gasteiger charge is -2.16. The van der Waals surface area contributed by atoms with E-state index < -0.39 is 27.4 Å². The van der Waals surface area contributed by atoms with E-state index in [0.29, 0.717) is 10.2 Å². The van der Waals surface area contributed by atoms with Crippen LogP contribution < -0.4 is 9.62 Å². The number of nitrogens with zero attached hydrogens (tertiary/aromatic N) is 1. The molecule has 2 rings (SSSR count). The van der Waals surface area contributed by atoms with Crippen LogP contribution in [0.2, 0.25) is 0 Å². The van der Waals surface area contributed by atoms with Crippen molar-refractivity contribution >= 4 is 43.3 Å². The van der Waals surface area contributed by atoms with E-state index in [-0.39, 0.29) is 10.6 Å². The maximum absolute atomic E-state index is 13.4. The molecule has 6 nitrogen and oxygen atoms in total. The highest BCUT2D eigenvalue weighted by Gasteiger charge is 2.20. The summed E-state index contributed by atoms with van der Waals surface area (Å²) in [5, 5.41) is 8.92. The molecule has 24 heavy (non-hydrogen) atoms. The molecule has 0 aliphatic heterocycles. The molecule has 0 heterocycles. The van der Waals surface area contributed by atoms with Gasteiger partial charge in [-0.15, -0.1) is 0 Å². The molecule has 0 atom stereocenters. The van der Waals surface area contributed by atoms with Crippen LogP contribution in [0.5, 0.6) is 0 Å². The molecule has 0 fully saturated rings. The molecule has 0 radical (unpaired) electrons. The monoisotopic (exact) mass is 416 g/mol. The van der Waals surface area contributed by atoms with Crippen LogP contribution in [-0.4, -0.2) is 33.6 Å². The van der Waals surface area contributed by atoms with Crippen LogP contribution >= 0.6 is 15.9 Å². The minimum atomic E-state index is -3.99. The second kappa shape index (κ2) is 6.78. The summed E-state index contributed by atoms with van der Waals surface area (Å²) in [6.07, 6.45) is 0. The number of carboxylic acid groups (broad SMARTS) is 1. The van der Waals surface area contributed by atoms with E-state index >= 15 is 0 Å². The Morgan fingerprint density at radius 1 is 1.21 bits per heavy atom. The van der Waals surface area contributed by atoms with E-state index in [2.05, 4.69) is 20.7 Å². The zero-order chi connectivity index (χ0) is 18.1. The van der Waals surface area contributed by atoms with Crippen LogP contribution in [0.4, 0.5) is 15.8 Å². The SMILES string of the molecule is CN(C)c1ccc(Br)c(S(=O)(=O)Nc2ccc(F)c(C(=O)O)c2)c1. The Kier molecular flexibility index (Phi) is 5.14. The van der Waals surface area contributed by atoms with Crippen molar-refractivity contribution in [2.45, 2.75) is 4.90 Å². The number of hydrogen-bond acceptors (Lipinski definition) is 4. The number of sulfonamides is 1. The number of carbonyl (C=O) groups is 1. The molecule has 0 aliphatic carbocycles. The average Bonchev–Trinajstić information content (AvgIpc) is 2.48. The fourth-order valence-electron chi connectivity index (χ4n) is 1.94. The van der Waals surface area contributed by atoms with Gasteiger partial charge in [0.2, 0.25) is 0 Å². The van der Waals surface area contributed by atoms with Gasteiger partial charge in [0.05, 0.1) is 5.56 Å². The van der Waals surface area contributed by atoms with Gasteiger partial charge in [0.25, 0.3) is 10.0 Å². The Labute approximate surface area is 147 Å². The molecule has 0 saturated heterocycles. The number of anilines is 2. The number of rotatable bonds is 5. The molecule has 0 amide bonds. The van der Waals surface area contributed by atoms with Crippen molar-refractivity contribution in [1.82, 2.24) is 0 Å². The second-order valence-corrected chi connectivity index (χ2v) is 7.62. The minimum absolute atomic E-state index is 0.0186. The van der Waals surface area contributed by atoms with Crippen LogP contribution in [0.15, 0.2) is 45.8 Å². The molecule has 128 valence electrons. The van der Waals surface area contributed by atoms with E-state index in [9.17, 15) is 17.6 Å². The van der Waals surface area contributed by atoms with Gasteiger partial charge in [0.1, 0.15) is 10.7 Å². The van der Waals surface area contributed by atoms with Crippen LogP contribution in [0.25, 0.3) is 0 Å². The Morgan fingerprint density at radius 2 is 1.88 bits per heavy atom. The molecular weight excluding hydrogens is 403 g/mol. The van der Waals surface area contributed by atoms with Gasteiger partial charge in [-0.05, 0) is 52.3 Å². The maximum Gasteiger partial charge on any atom is 0.338 e. The molecule has 0 aliphatic rings.